The van der Waals surface area contributed by atoms with E-state index in [0.29, 0.717) is 31.8 Å². The molecule has 22 heavy (non-hydrogen) atoms. The van der Waals surface area contributed by atoms with Crippen molar-refractivity contribution in [3.63, 3.8) is 0 Å². The zero-order valence-corrected chi connectivity index (χ0v) is 13.5. The number of rotatable bonds is 2. The zero-order valence-electron chi connectivity index (χ0n) is 12.7. The summed E-state index contributed by atoms with van der Waals surface area (Å²) in [6, 6.07) is -0.494. The van der Waals surface area contributed by atoms with Gasteiger partial charge in [-0.1, -0.05) is 6.92 Å². The Bertz CT molecular complexity index is 583. The summed E-state index contributed by atoms with van der Waals surface area (Å²) in [4.78, 5) is 23.2. The van der Waals surface area contributed by atoms with Crippen LogP contribution in [0.25, 0.3) is 0 Å². The van der Waals surface area contributed by atoms with E-state index in [-0.39, 0.29) is 19.0 Å². The van der Waals surface area contributed by atoms with E-state index < -0.39 is 21.8 Å². The first kappa shape index (κ1) is 15.7. The van der Waals surface area contributed by atoms with Gasteiger partial charge >= 0.3 is 6.03 Å². The molecule has 0 aromatic heterocycles. The Morgan fingerprint density at radius 3 is 2.36 bits per heavy atom. The largest absolute Gasteiger partial charge is 0.323 e. The molecular weight excluding hydrogens is 308 g/mol. The fourth-order valence-electron chi connectivity index (χ4n) is 3.50. The Labute approximate surface area is 130 Å². The van der Waals surface area contributed by atoms with Crippen LogP contribution in [0.2, 0.25) is 0 Å². The van der Waals surface area contributed by atoms with Crippen molar-refractivity contribution < 1.29 is 18.0 Å². The maximum atomic E-state index is 12.7. The van der Waals surface area contributed by atoms with Gasteiger partial charge in [0.1, 0.15) is 5.54 Å². The summed E-state index contributed by atoms with van der Waals surface area (Å²) in [5.41, 5.74) is -0.932. The molecule has 3 aliphatic heterocycles. The quantitative estimate of drug-likeness (QED) is 0.675. The lowest BCUT2D eigenvalue weighted by Crippen LogP contribution is -2.58. The molecule has 8 nitrogen and oxygen atoms in total. The summed E-state index contributed by atoms with van der Waals surface area (Å²) in [6.07, 6.45) is 2.57. The highest BCUT2D eigenvalue weighted by Gasteiger charge is 2.49. The van der Waals surface area contributed by atoms with E-state index in [0.717, 1.165) is 12.8 Å². The zero-order chi connectivity index (χ0) is 16.0. The minimum absolute atomic E-state index is 0.251. The molecular formula is C13H22N4O4S. The third kappa shape index (κ3) is 2.61. The molecule has 0 bridgehead atoms. The molecule has 3 rings (SSSR count). The molecule has 3 heterocycles. The fourth-order valence-corrected chi connectivity index (χ4v) is 5.27. The van der Waals surface area contributed by atoms with Gasteiger partial charge in [0, 0.05) is 26.2 Å². The van der Waals surface area contributed by atoms with E-state index in [9.17, 15) is 18.0 Å². The van der Waals surface area contributed by atoms with E-state index in [1.165, 1.54) is 4.31 Å². The van der Waals surface area contributed by atoms with Crippen molar-refractivity contribution >= 4 is 22.1 Å². The van der Waals surface area contributed by atoms with Gasteiger partial charge in [-0.25, -0.2) is 4.79 Å². The van der Waals surface area contributed by atoms with Crippen LogP contribution in [0.3, 0.4) is 0 Å². The monoisotopic (exact) mass is 330 g/mol. The summed E-state index contributed by atoms with van der Waals surface area (Å²) in [7, 11) is -3.47. The second-order valence-electron chi connectivity index (χ2n) is 6.50. The van der Waals surface area contributed by atoms with Gasteiger partial charge in [-0.3, -0.25) is 10.1 Å². The molecule has 3 fully saturated rings. The van der Waals surface area contributed by atoms with Crippen molar-refractivity contribution in [2.75, 3.05) is 26.2 Å². The van der Waals surface area contributed by atoms with Gasteiger partial charge < -0.3 is 5.32 Å². The highest BCUT2D eigenvalue weighted by molar-refractivity contribution is 7.86. The Balaban J connectivity index is 1.68. The average molecular weight is 330 g/mol. The first-order valence-corrected chi connectivity index (χ1v) is 9.12. The number of hydrogen-bond donors (Lipinski definition) is 2. The predicted molar refractivity (Wildman–Crippen MR) is 79.1 cm³/mol. The Hall–Kier alpha value is -1.19. The van der Waals surface area contributed by atoms with Crippen molar-refractivity contribution in [3.05, 3.63) is 0 Å². The first-order valence-electron chi connectivity index (χ1n) is 7.72. The lowest BCUT2D eigenvalue weighted by molar-refractivity contribution is -0.125. The second-order valence-corrected chi connectivity index (χ2v) is 8.43. The number of urea groups is 1. The molecule has 0 aromatic rings. The molecule has 1 atom stereocenters. The van der Waals surface area contributed by atoms with Crippen LogP contribution < -0.4 is 10.6 Å². The van der Waals surface area contributed by atoms with Gasteiger partial charge in [-0.2, -0.15) is 17.0 Å². The van der Waals surface area contributed by atoms with Gasteiger partial charge in [0.05, 0.1) is 0 Å². The summed E-state index contributed by atoms with van der Waals surface area (Å²) in [5, 5.41) is 4.88. The number of nitrogens with one attached hydrogen (secondary N) is 2. The molecule has 0 saturated carbocycles. The van der Waals surface area contributed by atoms with E-state index in [1.807, 2.05) is 0 Å². The summed E-state index contributed by atoms with van der Waals surface area (Å²) >= 11 is 0. The molecule has 0 unspecified atom stereocenters. The highest BCUT2D eigenvalue weighted by Crippen LogP contribution is 2.29. The van der Waals surface area contributed by atoms with E-state index >= 15 is 0 Å². The van der Waals surface area contributed by atoms with Gasteiger partial charge in [0.2, 0.25) is 0 Å². The van der Waals surface area contributed by atoms with Crippen LogP contribution in [0.15, 0.2) is 0 Å². The third-order valence-corrected chi connectivity index (χ3v) is 6.86. The summed E-state index contributed by atoms with van der Waals surface area (Å²) < 4.78 is 28.4. The lowest BCUT2D eigenvalue weighted by Gasteiger charge is -2.40. The van der Waals surface area contributed by atoms with Crippen LogP contribution in [0.1, 0.15) is 32.6 Å². The van der Waals surface area contributed by atoms with Crippen LogP contribution in [-0.2, 0) is 15.0 Å². The lowest BCUT2D eigenvalue weighted by atomic mass is 9.89. The van der Waals surface area contributed by atoms with E-state index in [4.69, 9.17) is 0 Å². The summed E-state index contributed by atoms with van der Waals surface area (Å²) in [5.74, 6) is 0.0284. The van der Waals surface area contributed by atoms with Gasteiger partial charge in [-0.15, -0.1) is 0 Å². The highest BCUT2D eigenvalue weighted by atomic mass is 32.2. The Morgan fingerprint density at radius 2 is 1.82 bits per heavy atom. The van der Waals surface area contributed by atoms with Crippen LogP contribution in [0.4, 0.5) is 4.79 Å². The number of piperidine rings is 2. The molecule has 9 heteroatoms. The van der Waals surface area contributed by atoms with Crippen molar-refractivity contribution in [3.8, 4) is 0 Å². The van der Waals surface area contributed by atoms with Gasteiger partial charge in [0.15, 0.2) is 0 Å². The smallest absolute Gasteiger partial charge is 0.322 e. The summed E-state index contributed by atoms with van der Waals surface area (Å²) in [6.45, 7) is 3.68. The normalized spacial score (nSPS) is 30.3. The second kappa shape index (κ2) is 5.47. The molecule has 3 aliphatic rings. The number of amides is 3. The minimum atomic E-state index is -3.47. The molecule has 0 aliphatic carbocycles. The molecule has 2 N–H and O–H groups in total. The standard InChI is InChI=1S/C13H22N4O4S/c1-10-3-2-6-17(9-10)22(20,21)16-7-4-13(5-8-16)11(18)14-12(19)15-13/h10H,2-9H2,1H3,(H2,14,15,18,19)/t10-/m0/s1. The van der Waals surface area contributed by atoms with Crippen molar-refractivity contribution in [1.29, 1.82) is 0 Å². The predicted octanol–water partition coefficient (Wildman–Crippen LogP) is -0.363. The Morgan fingerprint density at radius 1 is 1.14 bits per heavy atom. The van der Waals surface area contributed by atoms with Gasteiger partial charge in [0.25, 0.3) is 16.1 Å². The number of imide groups is 1. The number of carbonyl (C=O) groups is 2. The van der Waals surface area contributed by atoms with Crippen molar-refractivity contribution in [1.82, 2.24) is 19.2 Å². The maximum absolute atomic E-state index is 12.7. The van der Waals surface area contributed by atoms with Crippen LogP contribution >= 0.6 is 0 Å². The molecule has 3 saturated heterocycles. The SMILES string of the molecule is C[C@H]1CCCN(S(=O)(=O)N2CCC3(CC2)NC(=O)NC3=O)C1. The first-order chi connectivity index (χ1) is 10.3. The molecule has 0 radical (unpaired) electrons. The van der Waals surface area contributed by atoms with Crippen LogP contribution in [0.5, 0.6) is 0 Å². The van der Waals surface area contributed by atoms with Gasteiger partial charge in [-0.05, 0) is 31.6 Å². The molecule has 3 amide bonds. The minimum Gasteiger partial charge on any atom is -0.323 e. The molecule has 1 spiro atoms. The molecule has 0 aromatic carbocycles. The van der Waals surface area contributed by atoms with Crippen LogP contribution in [-0.4, -0.2) is 60.7 Å². The maximum Gasteiger partial charge on any atom is 0.322 e. The fraction of sp³-hybridized carbons (Fsp3) is 0.846. The van der Waals surface area contributed by atoms with Crippen molar-refractivity contribution in [2.24, 2.45) is 5.92 Å². The number of carbonyl (C=O) groups excluding carboxylic acids is 2. The number of nitrogens with zero attached hydrogens (tertiary/aromatic N) is 2. The average Bonchev–Trinajstić information content (AvgIpc) is 2.73. The number of hydrogen-bond acceptors (Lipinski definition) is 4. The van der Waals surface area contributed by atoms with Crippen molar-refractivity contribution in [2.45, 2.75) is 38.1 Å². The van der Waals surface area contributed by atoms with E-state index in [2.05, 4.69) is 17.6 Å². The van der Waals surface area contributed by atoms with E-state index in [1.54, 1.807) is 4.31 Å². The molecule has 124 valence electrons. The topological polar surface area (TPSA) is 98.8 Å². The van der Waals surface area contributed by atoms with Crippen LogP contribution in [0, 0.1) is 5.92 Å². The third-order valence-electron chi connectivity index (χ3n) is 4.86. The Kier molecular flexibility index (Phi) is 3.90.